The molecule has 0 amide bonds. The predicted molar refractivity (Wildman–Crippen MR) is 79.9 cm³/mol. The molecule has 2 rings (SSSR count). The molecule has 0 aromatic carbocycles. The molecule has 2 unspecified atom stereocenters. The molecule has 3 nitrogen and oxygen atoms in total. The van der Waals surface area contributed by atoms with E-state index in [9.17, 15) is 8.42 Å². The summed E-state index contributed by atoms with van der Waals surface area (Å²) in [5, 5.41) is 3.45. The van der Waals surface area contributed by atoms with E-state index in [4.69, 9.17) is 0 Å². The number of thiophene rings is 1. The highest BCUT2D eigenvalue weighted by molar-refractivity contribution is 9.11. The van der Waals surface area contributed by atoms with Crippen LogP contribution in [0, 0.1) is 5.92 Å². The molecule has 1 aliphatic rings. The molecule has 1 N–H and O–H groups in total. The van der Waals surface area contributed by atoms with Crippen LogP contribution in [0.15, 0.2) is 15.9 Å². The molecule has 1 fully saturated rings. The van der Waals surface area contributed by atoms with E-state index in [2.05, 4.69) is 34.2 Å². The fourth-order valence-electron chi connectivity index (χ4n) is 2.49. The van der Waals surface area contributed by atoms with Gasteiger partial charge in [-0.15, -0.1) is 11.3 Å². The number of halogens is 1. The van der Waals surface area contributed by atoms with Crippen LogP contribution in [-0.4, -0.2) is 32.5 Å². The van der Waals surface area contributed by atoms with E-state index in [0.29, 0.717) is 11.5 Å². The third kappa shape index (κ3) is 3.79. The molecule has 2 heterocycles. The van der Waals surface area contributed by atoms with Crippen LogP contribution in [0.2, 0.25) is 0 Å². The zero-order valence-electron chi connectivity index (χ0n) is 10.4. The van der Waals surface area contributed by atoms with Crippen LogP contribution in [0.1, 0.15) is 18.2 Å². The van der Waals surface area contributed by atoms with Gasteiger partial charge in [-0.25, -0.2) is 8.42 Å². The van der Waals surface area contributed by atoms with Gasteiger partial charge in [-0.1, -0.05) is 6.92 Å². The van der Waals surface area contributed by atoms with Crippen molar-refractivity contribution in [2.75, 3.05) is 18.1 Å². The molecule has 18 heavy (non-hydrogen) atoms. The van der Waals surface area contributed by atoms with Crippen LogP contribution >= 0.6 is 27.3 Å². The monoisotopic (exact) mass is 351 g/mol. The average molecular weight is 352 g/mol. The molecule has 1 aromatic rings. The zero-order valence-corrected chi connectivity index (χ0v) is 13.6. The molecule has 2 atom stereocenters. The van der Waals surface area contributed by atoms with Gasteiger partial charge >= 0.3 is 0 Å². The molecule has 0 spiro atoms. The molecule has 1 aromatic heterocycles. The molecule has 0 bridgehead atoms. The van der Waals surface area contributed by atoms with Gasteiger partial charge in [0.1, 0.15) is 0 Å². The van der Waals surface area contributed by atoms with Gasteiger partial charge in [0.25, 0.3) is 0 Å². The van der Waals surface area contributed by atoms with Gasteiger partial charge in [0.2, 0.25) is 0 Å². The van der Waals surface area contributed by atoms with Crippen molar-refractivity contribution in [2.45, 2.75) is 25.8 Å². The highest BCUT2D eigenvalue weighted by Crippen LogP contribution is 2.28. The number of rotatable bonds is 5. The Labute approximate surface area is 121 Å². The minimum absolute atomic E-state index is 0.260. The fourth-order valence-corrected chi connectivity index (χ4v) is 5.91. The Hall–Kier alpha value is 0.0900. The molecule has 1 saturated heterocycles. The number of nitrogens with one attached hydrogen (secondary N) is 1. The Kier molecular flexibility index (Phi) is 4.86. The van der Waals surface area contributed by atoms with Crippen molar-refractivity contribution in [1.29, 1.82) is 0 Å². The van der Waals surface area contributed by atoms with Crippen LogP contribution in [0.25, 0.3) is 0 Å². The first-order valence-corrected chi connectivity index (χ1v) is 9.61. The molecular weight excluding hydrogens is 334 g/mol. The second-order valence-corrected chi connectivity index (χ2v) is 9.51. The molecule has 0 aliphatic carbocycles. The van der Waals surface area contributed by atoms with Crippen LogP contribution in [0.5, 0.6) is 0 Å². The average Bonchev–Trinajstić information content (AvgIpc) is 2.84. The molecule has 102 valence electrons. The Morgan fingerprint density at radius 3 is 2.83 bits per heavy atom. The Morgan fingerprint density at radius 1 is 1.56 bits per heavy atom. The third-order valence-corrected chi connectivity index (χ3v) is 6.79. The van der Waals surface area contributed by atoms with Gasteiger partial charge in [-0.05, 0) is 53.4 Å². The van der Waals surface area contributed by atoms with E-state index < -0.39 is 9.84 Å². The summed E-state index contributed by atoms with van der Waals surface area (Å²) in [6.07, 6.45) is 1.72. The minimum Gasteiger partial charge on any atom is -0.314 e. The van der Waals surface area contributed by atoms with Crippen molar-refractivity contribution >= 4 is 37.1 Å². The highest BCUT2D eigenvalue weighted by Gasteiger charge is 2.33. The lowest BCUT2D eigenvalue weighted by Gasteiger charge is -2.22. The van der Waals surface area contributed by atoms with E-state index in [1.165, 1.54) is 4.88 Å². The standard InChI is InChI=1S/C12H18BrNO2S2/c1-2-14-11(7-10-3-4-12(13)17-10)9-5-6-18(15,16)8-9/h3-4,9,11,14H,2,5-8H2,1H3. The predicted octanol–water partition coefficient (Wildman–Crippen LogP) is 2.47. The summed E-state index contributed by atoms with van der Waals surface area (Å²) < 4.78 is 24.3. The second kappa shape index (κ2) is 6.03. The Bertz CT molecular complexity index is 498. The van der Waals surface area contributed by atoms with Crippen LogP contribution in [0.3, 0.4) is 0 Å². The number of likely N-dealkylation sites (N-methyl/N-ethyl adjacent to an activating group) is 1. The summed E-state index contributed by atoms with van der Waals surface area (Å²) in [4.78, 5) is 1.30. The number of hydrogen-bond acceptors (Lipinski definition) is 4. The van der Waals surface area contributed by atoms with Crippen LogP contribution in [0.4, 0.5) is 0 Å². The highest BCUT2D eigenvalue weighted by atomic mass is 79.9. The maximum absolute atomic E-state index is 11.6. The second-order valence-electron chi connectivity index (χ2n) is 4.74. The van der Waals surface area contributed by atoms with Gasteiger partial charge in [0.05, 0.1) is 15.3 Å². The van der Waals surface area contributed by atoms with E-state index >= 15 is 0 Å². The Morgan fingerprint density at radius 2 is 2.33 bits per heavy atom. The van der Waals surface area contributed by atoms with Gasteiger partial charge in [-0.2, -0.15) is 0 Å². The molecule has 1 aliphatic heterocycles. The van der Waals surface area contributed by atoms with Gasteiger partial charge < -0.3 is 5.32 Å². The summed E-state index contributed by atoms with van der Waals surface area (Å²) in [5.74, 6) is 0.959. The van der Waals surface area contributed by atoms with Crippen molar-refractivity contribution in [1.82, 2.24) is 5.32 Å². The largest absolute Gasteiger partial charge is 0.314 e. The fraction of sp³-hybridized carbons (Fsp3) is 0.667. The van der Waals surface area contributed by atoms with Crippen molar-refractivity contribution in [2.24, 2.45) is 5.92 Å². The lowest BCUT2D eigenvalue weighted by molar-refractivity contribution is 0.388. The summed E-state index contributed by atoms with van der Waals surface area (Å²) in [6.45, 7) is 2.95. The maximum Gasteiger partial charge on any atom is 0.150 e. The summed E-state index contributed by atoms with van der Waals surface area (Å²) in [6, 6.07) is 4.44. The van der Waals surface area contributed by atoms with E-state index in [1.54, 1.807) is 11.3 Å². The smallest absolute Gasteiger partial charge is 0.150 e. The van der Waals surface area contributed by atoms with E-state index in [-0.39, 0.29) is 12.0 Å². The van der Waals surface area contributed by atoms with Crippen molar-refractivity contribution in [3.63, 3.8) is 0 Å². The van der Waals surface area contributed by atoms with Crippen molar-refractivity contribution < 1.29 is 8.42 Å². The zero-order chi connectivity index (χ0) is 13.2. The first-order chi connectivity index (χ1) is 8.50. The Balaban J connectivity index is 2.04. The quantitative estimate of drug-likeness (QED) is 0.886. The lowest BCUT2D eigenvalue weighted by Crippen LogP contribution is -2.38. The first kappa shape index (κ1) is 14.5. The summed E-state index contributed by atoms with van der Waals surface area (Å²) in [7, 11) is -2.79. The van der Waals surface area contributed by atoms with Crippen molar-refractivity contribution in [3.05, 3.63) is 20.8 Å². The maximum atomic E-state index is 11.6. The van der Waals surface area contributed by atoms with Gasteiger partial charge in [0.15, 0.2) is 9.84 Å². The number of hydrogen-bond donors (Lipinski definition) is 1. The molecule has 0 radical (unpaired) electrons. The first-order valence-electron chi connectivity index (χ1n) is 6.18. The minimum atomic E-state index is -2.79. The normalized spacial score (nSPS) is 24.2. The summed E-state index contributed by atoms with van der Waals surface area (Å²) in [5.41, 5.74) is 0. The van der Waals surface area contributed by atoms with E-state index in [0.717, 1.165) is 23.2 Å². The molecule has 6 heteroatoms. The number of sulfone groups is 1. The molecule has 0 saturated carbocycles. The molecular formula is C12H18BrNO2S2. The van der Waals surface area contributed by atoms with Crippen LogP contribution in [-0.2, 0) is 16.3 Å². The van der Waals surface area contributed by atoms with Crippen LogP contribution < -0.4 is 5.32 Å². The van der Waals surface area contributed by atoms with E-state index in [1.807, 2.05) is 6.07 Å². The lowest BCUT2D eigenvalue weighted by atomic mass is 9.96. The summed E-state index contributed by atoms with van der Waals surface area (Å²) >= 11 is 5.19. The van der Waals surface area contributed by atoms with Crippen molar-refractivity contribution in [3.8, 4) is 0 Å². The van der Waals surface area contributed by atoms with Gasteiger partial charge in [-0.3, -0.25) is 0 Å². The van der Waals surface area contributed by atoms with Gasteiger partial charge in [0, 0.05) is 10.9 Å². The third-order valence-electron chi connectivity index (χ3n) is 3.35. The topological polar surface area (TPSA) is 46.2 Å². The SMILES string of the molecule is CCNC(Cc1ccc(Br)s1)C1CCS(=O)(=O)C1.